The topological polar surface area (TPSA) is 46.6 Å². The van der Waals surface area contributed by atoms with E-state index in [2.05, 4.69) is 0 Å². The zero-order valence-corrected chi connectivity index (χ0v) is 11.6. The SMILES string of the molecule is CN(C1CCOCC1)S(=O)(=O)c1cc(F)c(F)c(F)c1. The Morgan fingerprint density at radius 2 is 1.65 bits per heavy atom. The summed E-state index contributed by atoms with van der Waals surface area (Å²) in [6.45, 7) is 0.854. The Kier molecular flexibility index (Phi) is 4.36. The van der Waals surface area contributed by atoms with Crippen LogP contribution in [0.5, 0.6) is 0 Å². The standard InChI is InChI=1S/C12H14F3NO3S/c1-16(8-2-4-19-5-3-8)20(17,18)9-6-10(13)12(15)11(14)7-9/h6-8H,2-5H2,1H3. The molecule has 20 heavy (non-hydrogen) atoms. The maximum atomic E-state index is 13.2. The highest BCUT2D eigenvalue weighted by Crippen LogP contribution is 2.24. The van der Waals surface area contributed by atoms with Gasteiger partial charge in [0.05, 0.1) is 4.90 Å². The fourth-order valence-corrected chi connectivity index (χ4v) is 3.53. The van der Waals surface area contributed by atoms with Gasteiger partial charge in [-0.3, -0.25) is 0 Å². The zero-order chi connectivity index (χ0) is 14.9. The predicted octanol–water partition coefficient (Wildman–Crippen LogP) is 1.90. The summed E-state index contributed by atoms with van der Waals surface area (Å²) in [5.74, 6) is -4.73. The summed E-state index contributed by atoms with van der Waals surface area (Å²) in [4.78, 5) is -0.595. The van der Waals surface area contributed by atoms with Gasteiger partial charge < -0.3 is 4.74 Å². The van der Waals surface area contributed by atoms with Crippen molar-refractivity contribution in [3.63, 3.8) is 0 Å². The molecule has 0 N–H and O–H groups in total. The summed E-state index contributed by atoms with van der Waals surface area (Å²) in [7, 11) is -2.73. The molecule has 0 saturated carbocycles. The van der Waals surface area contributed by atoms with E-state index in [4.69, 9.17) is 4.74 Å². The van der Waals surface area contributed by atoms with Crippen LogP contribution in [0, 0.1) is 17.5 Å². The molecule has 2 rings (SSSR count). The normalized spacial score (nSPS) is 17.6. The van der Waals surface area contributed by atoms with E-state index < -0.39 is 32.4 Å². The molecular formula is C12H14F3NO3S. The lowest BCUT2D eigenvalue weighted by molar-refractivity contribution is 0.0632. The molecule has 1 aromatic carbocycles. The number of benzene rings is 1. The van der Waals surface area contributed by atoms with Gasteiger partial charge in [0.2, 0.25) is 10.0 Å². The van der Waals surface area contributed by atoms with Crippen LogP contribution in [0.15, 0.2) is 17.0 Å². The minimum absolute atomic E-state index is 0.301. The molecule has 0 atom stereocenters. The van der Waals surface area contributed by atoms with Crippen molar-refractivity contribution in [2.24, 2.45) is 0 Å². The van der Waals surface area contributed by atoms with Gasteiger partial charge in [0, 0.05) is 26.3 Å². The van der Waals surface area contributed by atoms with Gasteiger partial charge in [-0.25, -0.2) is 21.6 Å². The van der Waals surface area contributed by atoms with E-state index in [9.17, 15) is 21.6 Å². The molecule has 0 aliphatic carbocycles. The lowest BCUT2D eigenvalue weighted by atomic mass is 10.1. The van der Waals surface area contributed by atoms with Crippen LogP contribution in [0.25, 0.3) is 0 Å². The number of ether oxygens (including phenoxy) is 1. The third-order valence-corrected chi connectivity index (χ3v) is 5.23. The Bertz CT molecular complexity index is 577. The summed E-state index contributed by atoms with van der Waals surface area (Å²) in [6, 6.07) is 0.678. The van der Waals surface area contributed by atoms with Gasteiger partial charge in [0.15, 0.2) is 17.5 Å². The van der Waals surface area contributed by atoms with Gasteiger partial charge in [-0.1, -0.05) is 0 Å². The molecule has 4 nitrogen and oxygen atoms in total. The molecule has 0 amide bonds. The van der Waals surface area contributed by atoms with Gasteiger partial charge in [0.1, 0.15) is 0 Å². The number of hydrogen-bond donors (Lipinski definition) is 0. The molecule has 0 bridgehead atoms. The molecule has 8 heteroatoms. The second kappa shape index (κ2) is 5.71. The molecule has 0 unspecified atom stereocenters. The second-order valence-electron chi connectivity index (χ2n) is 4.57. The van der Waals surface area contributed by atoms with Crippen LogP contribution >= 0.6 is 0 Å². The van der Waals surface area contributed by atoms with Crippen LogP contribution in [0.2, 0.25) is 0 Å². The third kappa shape index (κ3) is 2.82. The Balaban J connectivity index is 2.34. The van der Waals surface area contributed by atoms with Crippen LogP contribution in [-0.4, -0.2) is 39.0 Å². The first-order valence-electron chi connectivity index (χ1n) is 6.04. The van der Waals surface area contributed by atoms with Gasteiger partial charge in [-0.05, 0) is 25.0 Å². The van der Waals surface area contributed by atoms with Crippen molar-refractivity contribution >= 4 is 10.0 Å². The van der Waals surface area contributed by atoms with E-state index in [1.165, 1.54) is 7.05 Å². The molecule has 1 aliphatic heterocycles. The van der Waals surface area contributed by atoms with Crippen molar-refractivity contribution in [2.75, 3.05) is 20.3 Å². The quantitative estimate of drug-likeness (QED) is 0.801. The highest BCUT2D eigenvalue weighted by Gasteiger charge is 2.30. The molecule has 1 heterocycles. The first-order valence-corrected chi connectivity index (χ1v) is 7.48. The first-order chi connectivity index (χ1) is 9.34. The van der Waals surface area contributed by atoms with Gasteiger partial charge >= 0.3 is 0 Å². The van der Waals surface area contributed by atoms with Crippen LogP contribution in [0.3, 0.4) is 0 Å². The number of nitrogens with zero attached hydrogens (tertiary/aromatic N) is 1. The fourth-order valence-electron chi connectivity index (χ4n) is 2.09. The van der Waals surface area contributed by atoms with E-state index in [0.717, 1.165) is 4.31 Å². The Hall–Kier alpha value is -1.12. The molecule has 0 radical (unpaired) electrons. The summed E-state index contributed by atoms with van der Waals surface area (Å²) >= 11 is 0. The van der Waals surface area contributed by atoms with Crippen molar-refractivity contribution in [1.82, 2.24) is 4.31 Å². The molecule has 1 saturated heterocycles. The molecule has 0 aromatic heterocycles. The smallest absolute Gasteiger partial charge is 0.243 e. The lowest BCUT2D eigenvalue weighted by Crippen LogP contribution is -2.40. The van der Waals surface area contributed by atoms with E-state index in [0.29, 0.717) is 38.2 Å². The zero-order valence-electron chi connectivity index (χ0n) is 10.8. The lowest BCUT2D eigenvalue weighted by Gasteiger charge is -2.30. The summed E-state index contributed by atoms with van der Waals surface area (Å²) in [5.41, 5.74) is 0. The fraction of sp³-hybridized carbons (Fsp3) is 0.500. The largest absolute Gasteiger partial charge is 0.381 e. The van der Waals surface area contributed by atoms with Gasteiger partial charge in [0.25, 0.3) is 0 Å². The van der Waals surface area contributed by atoms with E-state index in [1.807, 2.05) is 0 Å². The Morgan fingerprint density at radius 1 is 1.15 bits per heavy atom. The first kappa shape index (κ1) is 15.3. The maximum absolute atomic E-state index is 13.2. The molecule has 0 spiro atoms. The van der Waals surface area contributed by atoms with Crippen LogP contribution in [0.4, 0.5) is 13.2 Å². The Morgan fingerprint density at radius 3 is 2.15 bits per heavy atom. The summed E-state index contributed by atoms with van der Waals surface area (Å²) in [5, 5.41) is 0. The van der Waals surface area contributed by atoms with Crippen molar-refractivity contribution in [3.05, 3.63) is 29.6 Å². The van der Waals surface area contributed by atoms with Crippen LogP contribution in [0.1, 0.15) is 12.8 Å². The second-order valence-corrected chi connectivity index (χ2v) is 6.56. The molecule has 112 valence electrons. The Labute approximate surface area is 115 Å². The molecule has 1 aliphatic rings. The van der Waals surface area contributed by atoms with E-state index in [1.54, 1.807) is 0 Å². The van der Waals surface area contributed by atoms with Crippen LogP contribution < -0.4 is 0 Å². The van der Waals surface area contributed by atoms with Gasteiger partial charge in [-0.2, -0.15) is 4.31 Å². The number of halogens is 3. The average molecular weight is 309 g/mol. The highest BCUT2D eigenvalue weighted by atomic mass is 32.2. The average Bonchev–Trinajstić information content (AvgIpc) is 2.44. The van der Waals surface area contributed by atoms with Crippen molar-refractivity contribution in [2.45, 2.75) is 23.8 Å². The molecule has 1 fully saturated rings. The number of sulfonamides is 1. The predicted molar refractivity (Wildman–Crippen MR) is 65.1 cm³/mol. The van der Waals surface area contributed by atoms with Crippen molar-refractivity contribution in [3.8, 4) is 0 Å². The summed E-state index contributed by atoms with van der Waals surface area (Å²) < 4.78 is 69.9. The van der Waals surface area contributed by atoms with Gasteiger partial charge in [-0.15, -0.1) is 0 Å². The third-order valence-electron chi connectivity index (χ3n) is 3.34. The summed E-state index contributed by atoms with van der Waals surface area (Å²) in [6.07, 6.45) is 1.00. The van der Waals surface area contributed by atoms with Crippen LogP contribution in [-0.2, 0) is 14.8 Å². The molecule has 1 aromatic rings. The van der Waals surface area contributed by atoms with Crippen molar-refractivity contribution < 1.29 is 26.3 Å². The monoisotopic (exact) mass is 309 g/mol. The van der Waals surface area contributed by atoms with E-state index >= 15 is 0 Å². The number of rotatable bonds is 3. The maximum Gasteiger partial charge on any atom is 0.243 e. The minimum Gasteiger partial charge on any atom is -0.381 e. The van der Waals surface area contributed by atoms with E-state index in [-0.39, 0.29) is 6.04 Å². The minimum atomic E-state index is -4.07. The number of hydrogen-bond acceptors (Lipinski definition) is 3. The molecular weight excluding hydrogens is 295 g/mol. The highest BCUT2D eigenvalue weighted by molar-refractivity contribution is 7.89. The van der Waals surface area contributed by atoms with Crippen molar-refractivity contribution in [1.29, 1.82) is 0 Å².